The summed E-state index contributed by atoms with van der Waals surface area (Å²) in [5.74, 6) is -0.388. The molecule has 4 aromatic rings. The molecular weight excluding hydrogens is 572 g/mol. The quantitative estimate of drug-likeness (QED) is 0.213. The van der Waals surface area contributed by atoms with Gasteiger partial charge < -0.3 is 9.64 Å². The van der Waals surface area contributed by atoms with Gasteiger partial charge in [-0.1, -0.05) is 36.7 Å². The maximum Gasteiger partial charge on any atom is 0.266 e. The van der Waals surface area contributed by atoms with Crippen molar-refractivity contribution >= 4 is 49.7 Å². The van der Waals surface area contributed by atoms with Crippen LogP contribution < -0.4 is 4.74 Å². The lowest BCUT2D eigenvalue weighted by molar-refractivity contribution is 0.0597. The van der Waals surface area contributed by atoms with E-state index in [4.69, 9.17) is 16.3 Å². The first kappa shape index (κ1) is 28.7. The highest BCUT2D eigenvalue weighted by Gasteiger charge is 2.32. The second kappa shape index (κ2) is 12.0. The van der Waals surface area contributed by atoms with E-state index < -0.39 is 22.4 Å². The number of halogens is 3. The van der Waals surface area contributed by atoms with Gasteiger partial charge >= 0.3 is 0 Å². The van der Waals surface area contributed by atoms with Gasteiger partial charge in [0.1, 0.15) is 22.3 Å². The van der Waals surface area contributed by atoms with Crippen molar-refractivity contribution in [3.05, 3.63) is 81.7 Å². The molecule has 1 atom stereocenters. The van der Waals surface area contributed by atoms with Crippen LogP contribution in [0.15, 0.2) is 59.5 Å². The van der Waals surface area contributed by atoms with Crippen LogP contribution >= 0.6 is 22.9 Å². The number of nitrogens with zero attached hydrogens (tertiary/aromatic N) is 1. The summed E-state index contributed by atoms with van der Waals surface area (Å²) < 4.78 is 46.7. The van der Waals surface area contributed by atoms with Crippen LogP contribution in [0.5, 0.6) is 5.75 Å². The molecule has 40 heavy (non-hydrogen) atoms. The van der Waals surface area contributed by atoms with E-state index in [9.17, 15) is 17.8 Å². The fraction of sp³-hybridized carbons (Fsp3) is 0.323. The number of rotatable bonds is 7. The third-order valence-corrected chi connectivity index (χ3v) is 10.3. The summed E-state index contributed by atoms with van der Waals surface area (Å²) >= 11 is 7.44. The number of hydrogen-bond acceptors (Lipinski definition) is 4. The number of ether oxygens (including phenoxy) is 1. The molecule has 1 aliphatic carbocycles. The molecule has 1 amide bonds. The van der Waals surface area contributed by atoms with E-state index in [0.717, 1.165) is 70.7 Å². The molecule has 1 unspecified atom stereocenters. The van der Waals surface area contributed by atoms with Gasteiger partial charge in [-0.25, -0.2) is 8.78 Å². The first-order valence-electron chi connectivity index (χ1n) is 13.2. The number of amides is 1. The molecule has 1 fully saturated rings. The summed E-state index contributed by atoms with van der Waals surface area (Å²) in [7, 11) is 0.518. The van der Waals surface area contributed by atoms with Crippen LogP contribution in [-0.2, 0) is 17.3 Å². The molecular formula is C31H30ClF2NO3S2. The highest BCUT2D eigenvalue weighted by molar-refractivity contribution is 7.84. The third-order valence-electron chi connectivity index (χ3n) is 7.70. The van der Waals surface area contributed by atoms with Gasteiger partial charge in [0.05, 0.1) is 22.2 Å². The Balaban J connectivity index is 1.55. The van der Waals surface area contributed by atoms with Crippen molar-refractivity contribution in [2.24, 2.45) is 5.92 Å². The molecule has 4 nitrogen and oxygen atoms in total. The Labute approximate surface area is 244 Å². The molecule has 5 rings (SSSR count). The fourth-order valence-corrected chi connectivity index (χ4v) is 7.42. The zero-order chi connectivity index (χ0) is 28.6. The van der Waals surface area contributed by atoms with Crippen molar-refractivity contribution < 1.29 is 22.5 Å². The summed E-state index contributed by atoms with van der Waals surface area (Å²) in [4.78, 5) is 16.8. The predicted molar refractivity (Wildman–Crippen MR) is 159 cm³/mol. The van der Waals surface area contributed by atoms with Crippen LogP contribution in [0.25, 0.3) is 21.2 Å². The van der Waals surface area contributed by atoms with Crippen LogP contribution in [0.3, 0.4) is 0 Å². The van der Waals surface area contributed by atoms with Crippen LogP contribution in [0.2, 0.25) is 5.02 Å². The zero-order valence-corrected chi connectivity index (χ0v) is 24.9. The molecule has 1 aromatic heterocycles. The van der Waals surface area contributed by atoms with E-state index in [1.54, 1.807) is 18.3 Å². The summed E-state index contributed by atoms with van der Waals surface area (Å²) in [5, 5.41) is -0.103. The predicted octanol–water partition coefficient (Wildman–Crippen LogP) is 8.47. The lowest BCUT2D eigenvalue weighted by Gasteiger charge is -2.36. The number of fused-ring (bicyclic) bond motifs is 1. The average Bonchev–Trinajstić information content (AvgIpc) is 3.32. The molecule has 1 heterocycles. The van der Waals surface area contributed by atoms with Crippen LogP contribution in [0.4, 0.5) is 8.78 Å². The molecule has 9 heteroatoms. The maximum absolute atomic E-state index is 14.6. The van der Waals surface area contributed by atoms with Crippen LogP contribution in [0.1, 0.15) is 47.8 Å². The summed E-state index contributed by atoms with van der Waals surface area (Å²) in [6.07, 6.45) is 5.27. The van der Waals surface area contributed by atoms with E-state index in [2.05, 4.69) is 6.92 Å². The van der Waals surface area contributed by atoms with Gasteiger partial charge in [-0.2, -0.15) is 0 Å². The Morgan fingerprint density at radius 1 is 1.02 bits per heavy atom. The number of carbonyl (C=O) groups excluding carboxylic acids is 1. The fourth-order valence-electron chi connectivity index (χ4n) is 5.39. The molecule has 3 aromatic carbocycles. The second-order valence-electron chi connectivity index (χ2n) is 10.3. The number of benzene rings is 3. The van der Waals surface area contributed by atoms with E-state index in [-0.39, 0.29) is 38.5 Å². The number of methoxy groups -OCH3 is 1. The summed E-state index contributed by atoms with van der Waals surface area (Å²) in [6.45, 7) is 2.46. The van der Waals surface area contributed by atoms with Gasteiger partial charge in [0.2, 0.25) is 0 Å². The number of thiophene rings is 1. The third kappa shape index (κ3) is 5.67. The summed E-state index contributed by atoms with van der Waals surface area (Å²) in [6, 6.07) is 15.4. The van der Waals surface area contributed by atoms with Gasteiger partial charge in [0.25, 0.3) is 5.91 Å². The molecule has 0 bridgehead atoms. The Bertz CT molecular complexity index is 1580. The Kier molecular flexibility index (Phi) is 8.59. The minimum Gasteiger partial charge on any atom is -0.496 e. The largest absolute Gasteiger partial charge is 0.496 e. The number of hydrogen-bond donors (Lipinski definition) is 0. The molecule has 1 aliphatic rings. The molecule has 0 N–H and O–H groups in total. The minimum absolute atomic E-state index is 0.0431. The van der Waals surface area contributed by atoms with Gasteiger partial charge in [0, 0.05) is 40.1 Å². The van der Waals surface area contributed by atoms with E-state index in [1.807, 2.05) is 42.5 Å². The molecule has 0 spiro atoms. The zero-order valence-electron chi connectivity index (χ0n) is 22.5. The summed E-state index contributed by atoms with van der Waals surface area (Å²) in [5.41, 5.74) is 2.68. The Hall–Kier alpha value is -2.81. The van der Waals surface area contributed by atoms with Gasteiger partial charge in [-0.15, -0.1) is 11.3 Å². The maximum atomic E-state index is 14.6. The SMILES string of the molecule is COc1ccc(-c2ccc(S(C)=O)cc2)cc1CN(C(=O)c1sc2c(F)ccc(F)c2c1Cl)C1CCC(C)CC1. The monoisotopic (exact) mass is 601 g/mol. The Morgan fingerprint density at radius 2 is 1.68 bits per heavy atom. The highest BCUT2D eigenvalue weighted by Crippen LogP contribution is 2.41. The normalized spacial score (nSPS) is 18.1. The van der Waals surface area contributed by atoms with Crippen LogP contribution in [0, 0.1) is 17.6 Å². The van der Waals surface area contributed by atoms with Crippen molar-refractivity contribution in [3.63, 3.8) is 0 Å². The average molecular weight is 602 g/mol. The molecule has 0 radical (unpaired) electrons. The molecule has 0 aliphatic heterocycles. The molecule has 0 saturated heterocycles. The number of carbonyl (C=O) groups is 1. The highest BCUT2D eigenvalue weighted by atomic mass is 35.5. The van der Waals surface area contributed by atoms with Crippen molar-refractivity contribution in [2.45, 2.75) is 50.1 Å². The second-order valence-corrected chi connectivity index (χ2v) is 13.1. The van der Waals surface area contributed by atoms with E-state index >= 15 is 0 Å². The Morgan fingerprint density at radius 3 is 2.30 bits per heavy atom. The van der Waals surface area contributed by atoms with Crippen molar-refractivity contribution in [1.29, 1.82) is 0 Å². The molecule has 210 valence electrons. The topological polar surface area (TPSA) is 46.6 Å². The van der Waals surface area contributed by atoms with E-state index in [1.165, 1.54) is 0 Å². The van der Waals surface area contributed by atoms with Gasteiger partial charge in [-0.3, -0.25) is 9.00 Å². The molecule has 1 saturated carbocycles. The van der Waals surface area contributed by atoms with Crippen molar-refractivity contribution in [2.75, 3.05) is 13.4 Å². The van der Waals surface area contributed by atoms with Gasteiger partial charge in [-0.05, 0) is 79.1 Å². The smallest absolute Gasteiger partial charge is 0.266 e. The minimum atomic E-state index is -1.07. The van der Waals surface area contributed by atoms with Crippen LogP contribution in [-0.4, -0.2) is 34.4 Å². The first-order valence-corrected chi connectivity index (χ1v) is 15.9. The van der Waals surface area contributed by atoms with Crippen molar-refractivity contribution in [1.82, 2.24) is 4.90 Å². The van der Waals surface area contributed by atoms with Crippen molar-refractivity contribution in [3.8, 4) is 16.9 Å². The van der Waals surface area contributed by atoms with E-state index in [0.29, 0.717) is 11.7 Å². The standard InChI is InChI=1S/C31H30ClF2NO3S2/c1-18-4-9-22(10-5-18)35(31(36)30-28(32)27-24(33)13-14-25(34)29(27)39-30)17-21-16-20(8-15-26(21)38-2)19-6-11-23(12-7-19)40(3)37/h6-8,11-16,18,22H,4-5,9-10,17H2,1-3H3. The first-order chi connectivity index (χ1) is 19.2. The lowest BCUT2D eigenvalue weighted by atomic mass is 9.86. The van der Waals surface area contributed by atoms with Gasteiger partial charge in [0.15, 0.2) is 0 Å². The lowest BCUT2D eigenvalue weighted by Crippen LogP contribution is -2.41.